The van der Waals surface area contributed by atoms with Crippen molar-refractivity contribution >= 4 is 22.5 Å². The second-order valence-corrected chi connectivity index (χ2v) is 5.27. The standard InChI is InChI=1S/C14H19ClN2/c1-8(2)16-7-13-9(3)11-5-6-12(15)10(4)14(11)17-13/h5-6,8,16-17H,7H2,1-4H3. The van der Waals surface area contributed by atoms with E-state index >= 15 is 0 Å². The number of rotatable bonds is 3. The van der Waals surface area contributed by atoms with E-state index in [2.05, 4.69) is 44.1 Å². The third-order valence-electron chi connectivity index (χ3n) is 3.22. The van der Waals surface area contributed by atoms with Gasteiger partial charge in [0.1, 0.15) is 0 Å². The van der Waals surface area contributed by atoms with Crippen LogP contribution in [0, 0.1) is 13.8 Å². The normalized spacial score (nSPS) is 11.6. The Bertz CT molecular complexity index is 541. The maximum atomic E-state index is 6.14. The zero-order chi connectivity index (χ0) is 12.6. The van der Waals surface area contributed by atoms with Crippen molar-refractivity contribution in [3.63, 3.8) is 0 Å². The zero-order valence-electron chi connectivity index (χ0n) is 10.8. The van der Waals surface area contributed by atoms with Crippen LogP contribution in [0.15, 0.2) is 12.1 Å². The van der Waals surface area contributed by atoms with E-state index in [4.69, 9.17) is 11.6 Å². The van der Waals surface area contributed by atoms with Gasteiger partial charge in [0, 0.05) is 28.7 Å². The van der Waals surface area contributed by atoms with Crippen LogP contribution in [0.3, 0.4) is 0 Å². The first-order valence-electron chi connectivity index (χ1n) is 6.00. The lowest BCUT2D eigenvalue weighted by Gasteiger charge is -2.07. The molecule has 1 aromatic carbocycles. The molecule has 0 aliphatic heterocycles. The summed E-state index contributed by atoms with van der Waals surface area (Å²) in [6.45, 7) is 9.39. The van der Waals surface area contributed by atoms with Gasteiger partial charge in [-0.05, 0) is 31.0 Å². The topological polar surface area (TPSA) is 27.8 Å². The molecule has 92 valence electrons. The number of hydrogen-bond donors (Lipinski definition) is 2. The van der Waals surface area contributed by atoms with Crippen molar-refractivity contribution in [1.82, 2.24) is 10.3 Å². The number of aryl methyl sites for hydroxylation is 2. The summed E-state index contributed by atoms with van der Waals surface area (Å²) in [5, 5.41) is 5.53. The van der Waals surface area contributed by atoms with Crippen LogP contribution in [-0.4, -0.2) is 11.0 Å². The van der Waals surface area contributed by atoms with Gasteiger partial charge in [0.25, 0.3) is 0 Å². The van der Waals surface area contributed by atoms with E-state index in [9.17, 15) is 0 Å². The Kier molecular flexibility index (Phi) is 3.45. The summed E-state index contributed by atoms with van der Waals surface area (Å²) in [5.41, 5.74) is 4.85. The quantitative estimate of drug-likeness (QED) is 0.849. The Morgan fingerprint density at radius 3 is 2.59 bits per heavy atom. The molecule has 1 aromatic heterocycles. The molecule has 0 radical (unpaired) electrons. The Labute approximate surface area is 107 Å². The van der Waals surface area contributed by atoms with E-state index in [1.807, 2.05) is 6.07 Å². The fourth-order valence-corrected chi connectivity index (χ4v) is 2.21. The average molecular weight is 251 g/mol. The van der Waals surface area contributed by atoms with E-state index < -0.39 is 0 Å². The molecule has 3 heteroatoms. The number of fused-ring (bicyclic) bond motifs is 1. The van der Waals surface area contributed by atoms with Crippen molar-refractivity contribution in [2.24, 2.45) is 0 Å². The lowest BCUT2D eigenvalue weighted by molar-refractivity contribution is 0.582. The molecule has 1 heterocycles. The number of nitrogens with one attached hydrogen (secondary N) is 2. The highest BCUT2D eigenvalue weighted by atomic mass is 35.5. The maximum Gasteiger partial charge on any atom is 0.0503 e. The van der Waals surface area contributed by atoms with Crippen molar-refractivity contribution in [3.05, 3.63) is 34.0 Å². The minimum Gasteiger partial charge on any atom is -0.357 e. The van der Waals surface area contributed by atoms with Gasteiger partial charge in [0.2, 0.25) is 0 Å². The highest BCUT2D eigenvalue weighted by Gasteiger charge is 2.10. The van der Waals surface area contributed by atoms with E-state index in [1.165, 1.54) is 16.6 Å². The summed E-state index contributed by atoms with van der Waals surface area (Å²) in [6, 6.07) is 4.56. The number of aromatic amines is 1. The molecule has 0 aliphatic rings. The molecule has 0 atom stereocenters. The molecule has 2 N–H and O–H groups in total. The Morgan fingerprint density at radius 1 is 1.24 bits per heavy atom. The minimum absolute atomic E-state index is 0.491. The molecule has 2 aromatic rings. The first-order valence-corrected chi connectivity index (χ1v) is 6.38. The molecule has 2 nitrogen and oxygen atoms in total. The number of halogens is 1. The second kappa shape index (κ2) is 4.71. The summed E-state index contributed by atoms with van der Waals surface area (Å²) < 4.78 is 0. The van der Waals surface area contributed by atoms with Crippen LogP contribution in [0.5, 0.6) is 0 Å². The highest BCUT2D eigenvalue weighted by molar-refractivity contribution is 6.32. The molecular formula is C14H19ClN2. The smallest absolute Gasteiger partial charge is 0.0503 e. The summed E-state index contributed by atoms with van der Waals surface area (Å²) in [5.74, 6) is 0. The predicted octanol–water partition coefficient (Wildman–Crippen LogP) is 3.94. The van der Waals surface area contributed by atoms with Gasteiger partial charge >= 0.3 is 0 Å². The molecule has 0 amide bonds. The van der Waals surface area contributed by atoms with Crippen molar-refractivity contribution in [3.8, 4) is 0 Å². The first-order chi connectivity index (χ1) is 8.00. The Balaban J connectivity index is 2.45. The summed E-state index contributed by atoms with van der Waals surface area (Å²) in [4.78, 5) is 3.48. The van der Waals surface area contributed by atoms with Crippen LogP contribution in [0.2, 0.25) is 5.02 Å². The fraction of sp³-hybridized carbons (Fsp3) is 0.429. The van der Waals surface area contributed by atoms with Crippen LogP contribution >= 0.6 is 11.6 Å². The van der Waals surface area contributed by atoms with Gasteiger partial charge in [-0.25, -0.2) is 0 Å². The maximum absolute atomic E-state index is 6.14. The molecular weight excluding hydrogens is 232 g/mol. The lowest BCUT2D eigenvalue weighted by atomic mass is 10.1. The van der Waals surface area contributed by atoms with Gasteiger partial charge in [-0.2, -0.15) is 0 Å². The van der Waals surface area contributed by atoms with Gasteiger partial charge in [-0.3, -0.25) is 0 Å². The lowest BCUT2D eigenvalue weighted by Crippen LogP contribution is -2.22. The van der Waals surface area contributed by atoms with Crippen LogP contribution in [0.1, 0.15) is 30.7 Å². The van der Waals surface area contributed by atoms with Crippen molar-refractivity contribution in [2.75, 3.05) is 0 Å². The second-order valence-electron chi connectivity index (χ2n) is 4.86. The van der Waals surface area contributed by atoms with Crippen LogP contribution in [0.4, 0.5) is 0 Å². The van der Waals surface area contributed by atoms with E-state index in [0.29, 0.717) is 6.04 Å². The van der Waals surface area contributed by atoms with Crippen molar-refractivity contribution in [1.29, 1.82) is 0 Å². The minimum atomic E-state index is 0.491. The zero-order valence-corrected chi connectivity index (χ0v) is 11.6. The third kappa shape index (κ3) is 2.33. The van der Waals surface area contributed by atoms with E-state index in [0.717, 1.165) is 22.6 Å². The van der Waals surface area contributed by atoms with E-state index in [-0.39, 0.29) is 0 Å². The average Bonchev–Trinajstić information content (AvgIpc) is 2.59. The molecule has 0 bridgehead atoms. The van der Waals surface area contributed by atoms with Gasteiger partial charge in [0.15, 0.2) is 0 Å². The van der Waals surface area contributed by atoms with Gasteiger partial charge in [0.05, 0.1) is 5.52 Å². The number of aromatic nitrogens is 1. The fourth-order valence-electron chi connectivity index (χ4n) is 2.05. The van der Waals surface area contributed by atoms with Crippen molar-refractivity contribution in [2.45, 2.75) is 40.3 Å². The molecule has 0 unspecified atom stereocenters. The highest BCUT2D eigenvalue weighted by Crippen LogP contribution is 2.28. The Hall–Kier alpha value is -0.990. The number of benzene rings is 1. The summed E-state index contributed by atoms with van der Waals surface area (Å²) >= 11 is 6.14. The number of hydrogen-bond acceptors (Lipinski definition) is 1. The first kappa shape index (κ1) is 12.5. The van der Waals surface area contributed by atoms with E-state index in [1.54, 1.807) is 0 Å². The summed E-state index contributed by atoms with van der Waals surface area (Å²) in [6.07, 6.45) is 0. The predicted molar refractivity (Wildman–Crippen MR) is 74.8 cm³/mol. The third-order valence-corrected chi connectivity index (χ3v) is 3.63. The molecule has 0 aliphatic carbocycles. The molecule has 0 saturated carbocycles. The molecule has 2 rings (SSSR count). The van der Waals surface area contributed by atoms with Gasteiger partial charge in [-0.1, -0.05) is 31.5 Å². The van der Waals surface area contributed by atoms with Crippen molar-refractivity contribution < 1.29 is 0 Å². The Morgan fingerprint density at radius 2 is 1.94 bits per heavy atom. The number of H-pyrrole nitrogens is 1. The molecule has 0 fully saturated rings. The summed E-state index contributed by atoms with van der Waals surface area (Å²) in [7, 11) is 0. The molecule has 17 heavy (non-hydrogen) atoms. The van der Waals surface area contributed by atoms with Crippen LogP contribution in [-0.2, 0) is 6.54 Å². The molecule has 0 saturated heterocycles. The molecule has 0 spiro atoms. The van der Waals surface area contributed by atoms with Gasteiger partial charge in [-0.15, -0.1) is 0 Å². The monoisotopic (exact) mass is 250 g/mol. The van der Waals surface area contributed by atoms with Crippen LogP contribution in [0.25, 0.3) is 10.9 Å². The van der Waals surface area contributed by atoms with Crippen LogP contribution < -0.4 is 5.32 Å². The largest absolute Gasteiger partial charge is 0.357 e. The SMILES string of the molecule is Cc1c(CNC(C)C)[nH]c2c(C)c(Cl)ccc12. The van der Waals surface area contributed by atoms with Gasteiger partial charge < -0.3 is 10.3 Å².